The molecule has 10 heteroatoms. The Bertz CT molecular complexity index is 1200. The summed E-state index contributed by atoms with van der Waals surface area (Å²) in [5.41, 5.74) is 1.40. The highest BCUT2D eigenvalue weighted by molar-refractivity contribution is 6.11. The van der Waals surface area contributed by atoms with Gasteiger partial charge in [0.25, 0.3) is 5.56 Å². The topological polar surface area (TPSA) is 79.0 Å². The van der Waals surface area contributed by atoms with E-state index >= 15 is 0 Å². The minimum atomic E-state index is -0.577. The van der Waals surface area contributed by atoms with Gasteiger partial charge in [0, 0.05) is 6.20 Å². The van der Waals surface area contributed by atoms with Crippen LogP contribution in [0.5, 0.6) is 0 Å². The lowest BCUT2D eigenvalue weighted by atomic mass is 10.2. The molecular weight excluding hydrogens is 428 g/mol. The van der Waals surface area contributed by atoms with Crippen LogP contribution in [0.25, 0.3) is 0 Å². The van der Waals surface area contributed by atoms with Gasteiger partial charge in [0.2, 0.25) is 17.9 Å². The van der Waals surface area contributed by atoms with Gasteiger partial charge in [-0.15, -0.1) is 0 Å². The molecule has 0 spiro atoms. The van der Waals surface area contributed by atoms with Crippen LogP contribution in [0.15, 0.2) is 69.8 Å². The molecule has 3 aromatic heterocycles. The van der Waals surface area contributed by atoms with Crippen LogP contribution < -0.4 is 15.4 Å². The van der Waals surface area contributed by atoms with E-state index in [0.717, 1.165) is 0 Å². The highest BCUT2D eigenvalue weighted by Gasteiger charge is 2.32. The summed E-state index contributed by atoms with van der Waals surface area (Å²) in [4.78, 5) is 34.0. The third-order valence-corrected chi connectivity index (χ3v) is 5.71. The van der Waals surface area contributed by atoms with E-state index in [2.05, 4.69) is 20.0 Å². The molecule has 0 saturated carbocycles. The first-order valence-electron chi connectivity index (χ1n) is 10.6. The molecule has 2 aliphatic heterocycles. The van der Waals surface area contributed by atoms with Crippen LogP contribution in [0.1, 0.15) is 19.4 Å². The van der Waals surface area contributed by atoms with Gasteiger partial charge in [0.15, 0.2) is 0 Å². The van der Waals surface area contributed by atoms with E-state index in [-0.39, 0.29) is 17.6 Å². The molecule has 0 N–H and O–H groups in total. The third kappa shape index (κ3) is 3.67. The van der Waals surface area contributed by atoms with Gasteiger partial charge in [-0.3, -0.25) is 14.4 Å². The molecule has 2 atom stereocenters. The monoisotopic (exact) mass is 449 g/mol. The number of rotatable bonds is 3. The van der Waals surface area contributed by atoms with Crippen molar-refractivity contribution in [2.75, 3.05) is 22.9 Å². The van der Waals surface area contributed by atoms with Crippen LogP contribution in [0.4, 0.5) is 20.2 Å². The van der Waals surface area contributed by atoms with Crippen molar-refractivity contribution in [3.63, 3.8) is 0 Å². The lowest BCUT2D eigenvalue weighted by Gasteiger charge is -2.27. The van der Waals surface area contributed by atoms with Gasteiger partial charge in [0.05, 0.1) is 54.5 Å². The van der Waals surface area contributed by atoms with Gasteiger partial charge in [-0.2, -0.15) is 8.78 Å². The van der Waals surface area contributed by atoms with Crippen molar-refractivity contribution < 1.29 is 8.78 Å². The van der Waals surface area contributed by atoms with Crippen LogP contribution >= 0.6 is 0 Å². The Morgan fingerprint density at radius 3 is 2.09 bits per heavy atom. The minimum absolute atomic E-state index is 0.0223. The van der Waals surface area contributed by atoms with Crippen molar-refractivity contribution in [3.8, 4) is 0 Å². The number of hydrogen-bond donors (Lipinski definition) is 0. The predicted octanol–water partition coefficient (Wildman–Crippen LogP) is 2.68. The first-order chi connectivity index (χ1) is 15.9. The maximum absolute atomic E-state index is 13.6. The van der Waals surface area contributed by atoms with Gasteiger partial charge in [0.1, 0.15) is 5.84 Å². The second-order valence-corrected chi connectivity index (χ2v) is 8.02. The summed E-state index contributed by atoms with van der Waals surface area (Å²) in [6, 6.07) is 9.20. The second kappa shape index (κ2) is 8.19. The Kier molecular flexibility index (Phi) is 5.20. The van der Waals surface area contributed by atoms with Crippen LogP contribution in [0.2, 0.25) is 0 Å². The molecule has 8 nitrogen and oxygen atoms in total. The molecule has 0 amide bonds. The van der Waals surface area contributed by atoms with Crippen molar-refractivity contribution >= 4 is 23.2 Å². The first-order valence-corrected chi connectivity index (χ1v) is 10.6. The fourth-order valence-corrected chi connectivity index (χ4v) is 4.15. The largest absolute Gasteiger partial charge is 0.320 e. The smallest absolute Gasteiger partial charge is 0.268 e. The molecule has 33 heavy (non-hydrogen) atoms. The second-order valence-electron chi connectivity index (χ2n) is 8.02. The molecular formula is C23H21F2N7O. The molecule has 0 bridgehead atoms. The summed E-state index contributed by atoms with van der Waals surface area (Å²) in [5, 5.41) is 0. The summed E-state index contributed by atoms with van der Waals surface area (Å²) >= 11 is 0. The van der Waals surface area contributed by atoms with Crippen molar-refractivity contribution in [3.05, 3.63) is 82.8 Å². The Balaban J connectivity index is 1.55. The van der Waals surface area contributed by atoms with Crippen LogP contribution in [-0.4, -0.2) is 51.5 Å². The Hall–Kier alpha value is -3.95. The normalized spacial score (nSPS) is 20.2. The van der Waals surface area contributed by atoms with E-state index in [1.807, 2.05) is 23.6 Å². The Morgan fingerprint density at radius 1 is 0.848 bits per heavy atom. The number of halogens is 2. The highest BCUT2D eigenvalue weighted by atomic mass is 19.1. The summed E-state index contributed by atoms with van der Waals surface area (Å²) < 4.78 is 28.2. The number of aromatic nitrogens is 3. The number of amidine groups is 1. The van der Waals surface area contributed by atoms with E-state index in [4.69, 9.17) is 0 Å². The summed E-state index contributed by atoms with van der Waals surface area (Å²) in [5.74, 6) is -0.219. The summed E-state index contributed by atoms with van der Waals surface area (Å²) in [6.45, 7) is 4.93. The molecule has 2 unspecified atom stereocenters. The standard InChI is InChI=1S/C23H21F2N7O/c1-14-10-28-21(31(14)16-5-7-19(24)26-12-16)18-4-3-9-30(22(18)33)23-29-11-15(2)32(23)17-6-8-20(25)27-13-17/h3-9,12-15H,10-11H2,1-2H3. The van der Waals surface area contributed by atoms with Gasteiger partial charge < -0.3 is 9.80 Å². The zero-order valence-electron chi connectivity index (χ0n) is 18.1. The van der Waals surface area contributed by atoms with E-state index in [1.165, 1.54) is 29.1 Å². The van der Waals surface area contributed by atoms with Crippen molar-refractivity contribution in [1.82, 2.24) is 14.5 Å². The average Bonchev–Trinajstić information content (AvgIpc) is 3.38. The number of hydrogen-bond acceptors (Lipinski definition) is 7. The zero-order valence-corrected chi connectivity index (χ0v) is 18.1. The summed E-state index contributed by atoms with van der Waals surface area (Å²) in [7, 11) is 0. The van der Waals surface area contributed by atoms with Gasteiger partial charge in [-0.05, 0) is 50.2 Å². The lowest BCUT2D eigenvalue weighted by molar-refractivity contribution is 0.583. The van der Waals surface area contributed by atoms with Crippen LogP contribution in [-0.2, 0) is 0 Å². The summed E-state index contributed by atoms with van der Waals surface area (Å²) in [6.07, 6.45) is 4.50. The van der Waals surface area contributed by atoms with Gasteiger partial charge >= 0.3 is 0 Å². The average molecular weight is 449 g/mol. The molecule has 0 saturated heterocycles. The minimum Gasteiger partial charge on any atom is -0.320 e. The van der Waals surface area contributed by atoms with E-state index in [9.17, 15) is 13.6 Å². The van der Waals surface area contributed by atoms with Crippen molar-refractivity contribution in [2.45, 2.75) is 25.9 Å². The SMILES string of the molecule is CC1CN=C(c2cccn(C3=NCC(C)N3c3ccc(F)nc3)c2=O)N1c1ccc(F)nc1. The van der Waals surface area contributed by atoms with E-state index in [1.54, 1.807) is 30.5 Å². The number of anilines is 2. The molecule has 0 radical (unpaired) electrons. The number of pyridine rings is 3. The molecule has 5 heterocycles. The molecule has 2 aliphatic rings. The van der Waals surface area contributed by atoms with Crippen LogP contribution in [0, 0.1) is 11.9 Å². The molecule has 0 fully saturated rings. The molecule has 0 aliphatic carbocycles. The maximum atomic E-state index is 13.6. The third-order valence-electron chi connectivity index (χ3n) is 5.71. The fourth-order valence-electron chi connectivity index (χ4n) is 4.15. The lowest BCUT2D eigenvalue weighted by Crippen LogP contribution is -2.45. The van der Waals surface area contributed by atoms with Gasteiger partial charge in [-0.1, -0.05) is 0 Å². The maximum Gasteiger partial charge on any atom is 0.268 e. The highest BCUT2D eigenvalue weighted by Crippen LogP contribution is 2.25. The molecule has 5 rings (SSSR count). The Morgan fingerprint density at radius 2 is 1.45 bits per heavy atom. The quantitative estimate of drug-likeness (QED) is 0.575. The molecule has 0 aromatic carbocycles. The van der Waals surface area contributed by atoms with Gasteiger partial charge in [-0.25, -0.2) is 15.0 Å². The fraction of sp³-hybridized carbons (Fsp3) is 0.261. The number of nitrogens with zero attached hydrogens (tertiary/aromatic N) is 7. The van der Waals surface area contributed by atoms with Crippen molar-refractivity contribution in [1.29, 1.82) is 0 Å². The zero-order chi connectivity index (χ0) is 23.1. The van der Waals surface area contributed by atoms with Crippen molar-refractivity contribution in [2.24, 2.45) is 9.98 Å². The first kappa shape index (κ1) is 20.9. The predicted molar refractivity (Wildman–Crippen MR) is 122 cm³/mol. The number of aliphatic imine (C=N–C) groups is 2. The molecule has 3 aromatic rings. The van der Waals surface area contributed by atoms with E-state index in [0.29, 0.717) is 41.8 Å². The Labute approximate surface area is 188 Å². The van der Waals surface area contributed by atoms with Crippen LogP contribution in [0.3, 0.4) is 0 Å². The molecule has 168 valence electrons. The van der Waals surface area contributed by atoms with E-state index < -0.39 is 11.9 Å².